The molecule has 1 aromatic rings. The minimum Gasteiger partial charge on any atom is -0.484 e. The number of hydrogen-bond acceptors (Lipinski definition) is 3. The van der Waals surface area contributed by atoms with Gasteiger partial charge in [-0.1, -0.05) is 0 Å². The van der Waals surface area contributed by atoms with Crippen molar-refractivity contribution in [2.75, 3.05) is 32.1 Å². The van der Waals surface area contributed by atoms with E-state index in [4.69, 9.17) is 4.74 Å². The van der Waals surface area contributed by atoms with Gasteiger partial charge >= 0.3 is 0 Å². The van der Waals surface area contributed by atoms with E-state index >= 15 is 0 Å². The lowest BCUT2D eigenvalue weighted by atomic mass is 10.2. The van der Waals surface area contributed by atoms with E-state index in [0.717, 1.165) is 30.9 Å². The Morgan fingerprint density at radius 2 is 2.06 bits per heavy atom. The highest BCUT2D eigenvalue weighted by Crippen LogP contribution is 2.15. The molecule has 0 saturated carbocycles. The van der Waals surface area contributed by atoms with Crippen molar-refractivity contribution in [3.63, 3.8) is 0 Å². The van der Waals surface area contributed by atoms with Gasteiger partial charge in [0.2, 0.25) is 0 Å². The number of ether oxygens (including phenoxy) is 1. The molecule has 1 saturated heterocycles. The molecule has 0 spiro atoms. The van der Waals surface area contributed by atoms with E-state index in [1.165, 1.54) is 0 Å². The van der Waals surface area contributed by atoms with Crippen molar-refractivity contribution < 1.29 is 9.53 Å². The van der Waals surface area contributed by atoms with Crippen LogP contribution in [0.2, 0.25) is 0 Å². The molecule has 1 aromatic carbocycles. The van der Waals surface area contributed by atoms with Crippen LogP contribution in [0.25, 0.3) is 0 Å². The Hall–Kier alpha value is -1.71. The molecule has 1 N–H and O–H groups in total. The lowest BCUT2D eigenvalue weighted by Crippen LogP contribution is -2.44. The minimum atomic E-state index is 0.0731. The van der Waals surface area contributed by atoms with Crippen molar-refractivity contribution in [2.24, 2.45) is 0 Å². The van der Waals surface area contributed by atoms with Crippen molar-refractivity contribution in [3.8, 4) is 5.75 Å². The van der Waals surface area contributed by atoms with Gasteiger partial charge in [-0.2, -0.15) is 0 Å². The lowest BCUT2D eigenvalue weighted by Gasteiger charge is -2.30. The second-order valence-corrected chi connectivity index (χ2v) is 3.80. The van der Waals surface area contributed by atoms with Crippen LogP contribution < -0.4 is 10.1 Å². The van der Waals surface area contributed by atoms with Crippen molar-refractivity contribution in [1.29, 1.82) is 0 Å². The number of nitrogens with one attached hydrogen (secondary N) is 1. The van der Waals surface area contributed by atoms with E-state index in [-0.39, 0.29) is 12.5 Å². The topological polar surface area (TPSA) is 41.6 Å². The molecule has 1 amide bonds. The summed E-state index contributed by atoms with van der Waals surface area (Å²) in [6.07, 6.45) is 1.11. The normalized spacial score (nSPS) is 14.2. The predicted octanol–water partition coefficient (Wildman–Crippen LogP) is 1.34. The first-order valence-corrected chi connectivity index (χ1v) is 5.48. The van der Waals surface area contributed by atoms with Crippen LogP contribution in [0.15, 0.2) is 24.3 Å². The van der Waals surface area contributed by atoms with Gasteiger partial charge in [0.1, 0.15) is 5.75 Å². The molecule has 2 rings (SSSR count). The third kappa shape index (κ3) is 2.45. The fourth-order valence-electron chi connectivity index (χ4n) is 1.52. The van der Waals surface area contributed by atoms with E-state index in [1.54, 1.807) is 0 Å². The van der Waals surface area contributed by atoms with Crippen LogP contribution >= 0.6 is 0 Å². The Morgan fingerprint density at radius 3 is 2.56 bits per heavy atom. The Morgan fingerprint density at radius 1 is 1.38 bits per heavy atom. The summed E-state index contributed by atoms with van der Waals surface area (Å²) < 4.78 is 5.41. The largest absolute Gasteiger partial charge is 0.484 e. The van der Waals surface area contributed by atoms with Crippen LogP contribution in [-0.4, -0.2) is 37.6 Å². The van der Waals surface area contributed by atoms with Crippen molar-refractivity contribution in [3.05, 3.63) is 24.3 Å². The molecule has 0 bridgehead atoms. The number of rotatable bonds is 4. The third-order valence-electron chi connectivity index (χ3n) is 2.71. The monoisotopic (exact) mass is 220 g/mol. The summed E-state index contributed by atoms with van der Waals surface area (Å²) in [5.74, 6) is 0.803. The van der Waals surface area contributed by atoms with Gasteiger partial charge in [-0.25, -0.2) is 0 Å². The van der Waals surface area contributed by atoms with Crippen LogP contribution in [0.1, 0.15) is 6.42 Å². The molecule has 1 fully saturated rings. The van der Waals surface area contributed by atoms with Crippen LogP contribution in [0.3, 0.4) is 0 Å². The second-order valence-electron chi connectivity index (χ2n) is 3.80. The van der Waals surface area contributed by atoms with Gasteiger partial charge in [-0.3, -0.25) is 4.79 Å². The molecular formula is C12H16N2O2. The average Bonchev–Trinajstić information content (AvgIpc) is 2.25. The third-order valence-corrected chi connectivity index (χ3v) is 2.71. The van der Waals surface area contributed by atoms with Gasteiger partial charge in [0.05, 0.1) is 0 Å². The highest BCUT2D eigenvalue weighted by Gasteiger charge is 2.20. The van der Waals surface area contributed by atoms with E-state index in [1.807, 2.05) is 36.2 Å². The second kappa shape index (κ2) is 4.88. The van der Waals surface area contributed by atoms with Crippen molar-refractivity contribution >= 4 is 11.6 Å². The molecule has 86 valence electrons. The highest BCUT2D eigenvalue weighted by atomic mass is 16.5. The van der Waals surface area contributed by atoms with E-state index in [0.29, 0.717) is 0 Å². The molecule has 0 atom stereocenters. The van der Waals surface area contributed by atoms with Crippen LogP contribution in [0.5, 0.6) is 5.75 Å². The highest BCUT2D eigenvalue weighted by molar-refractivity contribution is 5.78. The zero-order valence-corrected chi connectivity index (χ0v) is 9.40. The first-order chi connectivity index (χ1) is 7.79. The predicted molar refractivity (Wildman–Crippen MR) is 62.7 cm³/mol. The van der Waals surface area contributed by atoms with Gasteiger partial charge in [-0.05, 0) is 30.7 Å². The molecule has 1 heterocycles. The molecule has 4 heteroatoms. The van der Waals surface area contributed by atoms with Crippen LogP contribution in [-0.2, 0) is 4.79 Å². The molecule has 16 heavy (non-hydrogen) atoms. The summed E-state index contributed by atoms with van der Waals surface area (Å²) in [6, 6.07) is 7.55. The van der Waals surface area contributed by atoms with E-state index in [2.05, 4.69) is 5.32 Å². The first kappa shape index (κ1) is 10.8. The number of carbonyl (C=O) groups excluding carboxylic acids is 1. The Kier molecular flexibility index (Phi) is 3.29. The molecule has 0 aromatic heterocycles. The Bertz CT molecular complexity index is 358. The van der Waals surface area contributed by atoms with Crippen LogP contribution in [0, 0.1) is 0 Å². The zero-order valence-electron chi connectivity index (χ0n) is 9.40. The molecule has 0 radical (unpaired) electrons. The quantitative estimate of drug-likeness (QED) is 0.832. The maximum Gasteiger partial charge on any atom is 0.260 e. The summed E-state index contributed by atoms with van der Waals surface area (Å²) >= 11 is 0. The maximum absolute atomic E-state index is 11.5. The van der Waals surface area contributed by atoms with E-state index in [9.17, 15) is 4.79 Å². The van der Waals surface area contributed by atoms with Gasteiger partial charge in [0, 0.05) is 25.8 Å². The molecule has 0 aliphatic carbocycles. The number of carbonyl (C=O) groups is 1. The molecule has 1 aliphatic heterocycles. The summed E-state index contributed by atoms with van der Waals surface area (Å²) in [7, 11) is 1.86. The molecule has 1 aliphatic rings. The minimum absolute atomic E-state index is 0.0731. The number of likely N-dealkylation sites (tertiary alicyclic amines) is 1. The molecule has 0 unspecified atom stereocenters. The van der Waals surface area contributed by atoms with Gasteiger partial charge in [-0.15, -0.1) is 0 Å². The van der Waals surface area contributed by atoms with Gasteiger partial charge < -0.3 is 15.0 Å². The fraction of sp³-hybridized carbons (Fsp3) is 0.417. The SMILES string of the molecule is CNc1ccc(OCC(=O)N2CCC2)cc1. The number of nitrogens with zero attached hydrogens (tertiary/aromatic N) is 1. The fourth-order valence-corrected chi connectivity index (χ4v) is 1.52. The van der Waals surface area contributed by atoms with Gasteiger partial charge in [0.25, 0.3) is 5.91 Å². The first-order valence-electron chi connectivity index (χ1n) is 5.48. The van der Waals surface area contributed by atoms with Crippen LogP contribution in [0.4, 0.5) is 5.69 Å². The standard InChI is InChI=1S/C12H16N2O2/c1-13-10-3-5-11(6-4-10)16-9-12(15)14-7-2-8-14/h3-6,13H,2,7-9H2,1H3. The summed E-state index contributed by atoms with van der Waals surface area (Å²) in [5, 5.41) is 3.02. The summed E-state index contributed by atoms with van der Waals surface area (Å²) in [5.41, 5.74) is 1.03. The number of benzene rings is 1. The van der Waals surface area contributed by atoms with Crippen molar-refractivity contribution in [2.45, 2.75) is 6.42 Å². The zero-order chi connectivity index (χ0) is 11.4. The van der Waals surface area contributed by atoms with Gasteiger partial charge in [0.15, 0.2) is 6.61 Å². The lowest BCUT2D eigenvalue weighted by molar-refractivity contribution is -0.136. The van der Waals surface area contributed by atoms with Crippen molar-refractivity contribution in [1.82, 2.24) is 4.90 Å². The average molecular weight is 220 g/mol. The molecule has 4 nitrogen and oxygen atoms in total. The molecular weight excluding hydrogens is 204 g/mol. The smallest absolute Gasteiger partial charge is 0.260 e. The number of hydrogen-bond donors (Lipinski definition) is 1. The Balaban J connectivity index is 1.81. The summed E-state index contributed by atoms with van der Waals surface area (Å²) in [4.78, 5) is 13.3. The number of anilines is 1. The summed E-state index contributed by atoms with van der Waals surface area (Å²) in [6.45, 7) is 1.89. The number of amides is 1. The van der Waals surface area contributed by atoms with E-state index < -0.39 is 0 Å². The Labute approximate surface area is 95.2 Å². The maximum atomic E-state index is 11.5.